The van der Waals surface area contributed by atoms with Gasteiger partial charge in [0.05, 0.1) is 24.3 Å². The van der Waals surface area contributed by atoms with Crippen LogP contribution in [0.25, 0.3) is 27.4 Å². The standard InChI is InChI=1S/C26H24BrNO5/c1-4-31-23(29)15-33-22-14-21-24(26(30)32-5-2)16(3)28(18-10-8-9-17(27)13-18)25(21)20-12-7-6-11-19(20)22/h6-14H,4-5,15H2,1-3H3. The quantitative estimate of drug-likeness (QED) is 0.287. The second-order valence-electron chi connectivity index (χ2n) is 7.41. The van der Waals surface area contributed by atoms with E-state index >= 15 is 0 Å². The van der Waals surface area contributed by atoms with Gasteiger partial charge in [-0.1, -0.05) is 46.3 Å². The lowest BCUT2D eigenvalue weighted by Gasteiger charge is -2.13. The third-order valence-electron chi connectivity index (χ3n) is 5.37. The number of esters is 2. The molecule has 0 radical (unpaired) electrons. The maximum Gasteiger partial charge on any atom is 0.344 e. The summed E-state index contributed by atoms with van der Waals surface area (Å²) in [6.45, 7) is 5.76. The highest BCUT2D eigenvalue weighted by molar-refractivity contribution is 9.10. The summed E-state index contributed by atoms with van der Waals surface area (Å²) >= 11 is 3.55. The second-order valence-corrected chi connectivity index (χ2v) is 8.32. The fourth-order valence-corrected chi connectivity index (χ4v) is 4.48. The van der Waals surface area contributed by atoms with Gasteiger partial charge in [-0.3, -0.25) is 0 Å². The van der Waals surface area contributed by atoms with Crippen LogP contribution in [0.1, 0.15) is 29.9 Å². The van der Waals surface area contributed by atoms with Gasteiger partial charge in [0.1, 0.15) is 5.75 Å². The molecule has 0 fully saturated rings. The Morgan fingerprint density at radius 2 is 1.64 bits per heavy atom. The van der Waals surface area contributed by atoms with E-state index in [2.05, 4.69) is 20.5 Å². The van der Waals surface area contributed by atoms with E-state index in [1.807, 2.05) is 61.5 Å². The molecule has 0 unspecified atom stereocenters. The van der Waals surface area contributed by atoms with Crippen LogP contribution in [-0.4, -0.2) is 36.3 Å². The number of carbonyl (C=O) groups excluding carboxylic acids is 2. The van der Waals surface area contributed by atoms with Crippen molar-refractivity contribution >= 4 is 49.5 Å². The Balaban J connectivity index is 2.04. The Labute approximate surface area is 200 Å². The molecule has 0 aliphatic carbocycles. The molecule has 0 aliphatic rings. The maximum atomic E-state index is 13.0. The number of ether oxygens (including phenoxy) is 3. The molecule has 0 aliphatic heterocycles. The van der Waals surface area contributed by atoms with Crippen molar-refractivity contribution in [3.63, 3.8) is 0 Å². The summed E-state index contributed by atoms with van der Waals surface area (Å²) in [7, 11) is 0. The average molecular weight is 510 g/mol. The van der Waals surface area contributed by atoms with E-state index < -0.39 is 11.9 Å². The van der Waals surface area contributed by atoms with Crippen molar-refractivity contribution < 1.29 is 23.8 Å². The third-order valence-corrected chi connectivity index (χ3v) is 5.86. The van der Waals surface area contributed by atoms with E-state index in [0.717, 1.165) is 32.1 Å². The Morgan fingerprint density at radius 1 is 0.909 bits per heavy atom. The van der Waals surface area contributed by atoms with Crippen molar-refractivity contribution in [2.75, 3.05) is 19.8 Å². The number of aromatic nitrogens is 1. The third kappa shape index (κ3) is 4.33. The summed E-state index contributed by atoms with van der Waals surface area (Å²) < 4.78 is 19.3. The van der Waals surface area contributed by atoms with Crippen LogP contribution in [0.3, 0.4) is 0 Å². The first kappa shape index (κ1) is 22.9. The van der Waals surface area contributed by atoms with Crippen LogP contribution in [0, 0.1) is 6.92 Å². The maximum absolute atomic E-state index is 13.0. The molecule has 7 heteroatoms. The van der Waals surface area contributed by atoms with E-state index in [-0.39, 0.29) is 19.8 Å². The van der Waals surface area contributed by atoms with Crippen molar-refractivity contribution in [2.45, 2.75) is 20.8 Å². The molecule has 6 nitrogen and oxygen atoms in total. The van der Waals surface area contributed by atoms with E-state index in [1.165, 1.54) is 0 Å². The van der Waals surface area contributed by atoms with Crippen molar-refractivity contribution in [1.29, 1.82) is 0 Å². The molecule has 4 rings (SSSR count). The number of carbonyl (C=O) groups is 2. The lowest BCUT2D eigenvalue weighted by Crippen LogP contribution is -2.14. The number of hydrogen-bond donors (Lipinski definition) is 0. The monoisotopic (exact) mass is 509 g/mol. The van der Waals surface area contributed by atoms with Crippen molar-refractivity contribution in [1.82, 2.24) is 4.57 Å². The Hall–Kier alpha value is -3.32. The summed E-state index contributed by atoms with van der Waals surface area (Å²) in [5.74, 6) is -0.348. The zero-order valence-corrected chi connectivity index (χ0v) is 20.3. The molecule has 170 valence electrons. The fraction of sp³-hybridized carbons (Fsp3) is 0.231. The molecule has 0 N–H and O–H groups in total. The van der Waals surface area contributed by atoms with Crippen LogP contribution in [0.4, 0.5) is 0 Å². The van der Waals surface area contributed by atoms with Crippen LogP contribution in [-0.2, 0) is 14.3 Å². The molecular formula is C26H24BrNO5. The number of nitrogens with zero attached hydrogens (tertiary/aromatic N) is 1. The first-order valence-corrected chi connectivity index (χ1v) is 11.5. The number of hydrogen-bond acceptors (Lipinski definition) is 5. The van der Waals surface area contributed by atoms with Crippen LogP contribution < -0.4 is 4.74 Å². The van der Waals surface area contributed by atoms with Gasteiger partial charge in [-0.25, -0.2) is 9.59 Å². The van der Waals surface area contributed by atoms with E-state index in [4.69, 9.17) is 14.2 Å². The largest absolute Gasteiger partial charge is 0.481 e. The van der Waals surface area contributed by atoms with Gasteiger partial charge in [0.25, 0.3) is 0 Å². The molecular weight excluding hydrogens is 486 g/mol. The minimum atomic E-state index is -0.449. The van der Waals surface area contributed by atoms with Crippen molar-refractivity contribution in [3.05, 3.63) is 70.3 Å². The minimum absolute atomic E-state index is 0.219. The predicted molar refractivity (Wildman–Crippen MR) is 131 cm³/mol. The first-order chi connectivity index (χ1) is 16.0. The van der Waals surface area contributed by atoms with Crippen molar-refractivity contribution in [2.24, 2.45) is 0 Å². The zero-order chi connectivity index (χ0) is 23.5. The van der Waals surface area contributed by atoms with Crippen LogP contribution in [0.15, 0.2) is 59.1 Å². The highest BCUT2D eigenvalue weighted by Crippen LogP contribution is 2.40. The van der Waals surface area contributed by atoms with Gasteiger partial charge >= 0.3 is 11.9 Å². The van der Waals surface area contributed by atoms with Crippen LogP contribution in [0.5, 0.6) is 5.75 Å². The molecule has 4 aromatic rings. The highest BCUT2D eigenvalue weighted by atomic mass is 79.9. The first-order valence-electron chi connectivity index (χ1n) is 10.7. The minimum Gasteiger partial charge on any atom is -0.481 e. The van der Waals surface area contributed by atoms with Gasteiger partial charge < -0.3 is 18.8 Å². The van der Waals surface area contributed by atoms with Gasteiger partial charge in [-0.15, -0.1) is 0 Å². The van der Waals surface area contributed by atoms with E-state index in [0.29, 0.717) is 16.7 Å². The summed E-state index contributed by atoms with van der Waals surface area (Å²) in [6, 6.07) is 17.5. The highest BCUT2D eigenvalue weighted by Gasteiger charge is 2.25. The Morgan fingerprint density at radius 3 is 2.33 bits per heavy atom. The molecule has 0 amide bonds. The molecule has 3 aromatic carbocycles. The molecule has 0 atom stereocenters. The van der Waals surface area contributed by atoms with Gasteiger partial charge in [-0.2, -0.15) is 0 Å². The zero-order valence-electron chi connectivity index (χ0n) is 18.7. The number of benzene rings is 3. The Kier molecular flexibility index (Phi) is 6.70. The SMILES string of the molecule is CCOC(=O)COc1cc2c(C(=O)OCC)c(C)n(-c3cccc(Br)c3)c2c2ccccc12. The van der Waals surface area contributed by atoms with Crippen LogP contribution >= 0.6 is 15.9 Å². The molecule has 1 heterocycles. The number of halogens is 1. The van der Waals surface area contributed by atoms with Gasteiger partial charge in [0, 0.05) is 32.0 Å². The molecule has 1 aromatic heterocycles. The van der Waals surface area contributed by atoms with Gasteiger partial charge in [0.2, 0.25) is 0 Å². The van der Waals surface area contributed by atoms with Gasteiger partial charge in [-0.05, 0) is 45.0 Å². The molecule has 0 saturated carbocycles. The summed E-state index contributed by atoms with van der Waals surface area (Å²) in [6.07, 6.45) is 0. The van der Waals surface area contributed by atoms with Gasteiger partial charge in [0.15, 0.2) is 6.61 Å². The summed E-state index contributed by atoms with van der Waals surface area (Å²) in [5, 5.41) is 2.43. The second kappa shape index (κ2) is 9.67. The lowest BCUT2D eigenvalue weighted by molar-refractivity contribution is -0.145. The van der Waals surface area contributed by atoms with E-state index in [9.17, 15) is 9.59 Å². The topological polar surface area (TPSA) is 66.8 Å². The molecule has 0 bridgehead atoms. The molecule has 0 spiro atoms. The summed E-state index contributed by atoms with van der Waals surface area (Å²) in [4.78, 5) is 25.0. The Bertz CT molecular complexity index is 1360. The number of rotatable bonds is 7. The normalized spacial score (nSPS) is 11.0. The smallest absolute Gasteiger partial charge is 0.344 e. The van der Waals surface area contributed by atoms with Crippen LogP contribution in [0.2, 0.25) is 0 Å². The lowest BCUT2D eigenvalue weighted by atomic mass is 10.0. The molecule has 0 saturated heterocycles. The fourth-order valence-electron chi connectivity index (χ4n) is 4.09. The summed E-state index contributed by atoms with van der Waals surface area (Å²) in [5.41, 5.74) is 3.01. The molecule has 33 heavy (non-hydrogen) atoms. The van der Waals surface area contributed by atoms with Crippen molar-refractivity contribution in [3.8, 4) is 11.4 Å². The average Bonchev–Trinajstić information content (AvgIpc) is 3.09. The predicted octanol–water partition coefficient (Wildman–Crippen LogP) is 5.97. The van der Waals surface area contributed by atoms with E-state index in [1.54, 1.807) is 13.8 Å². The number of fused-ring (bicyclic) bond motifs is 3.